The van der Waals surface area contributed by atoms with Crippen molar-refractivity contribution in [1.29, 1.82) is 0 Å². The summed E-state index contributed by atoms with van der Waals surface area (Å²) in [6.07, 6.45) is 3.37. The normalized spacial score (nSPS) is 21.9. The number of hydrogen-bond acceptors (Lipinski definition) is 4. The summed E-state index contributed by atoms with van der Waals surface area (Å²) in [5.41, 5.74) is 0.0388. The second-order valence-electron chi connectivity index (χ2n) is 4.46. The number of carboxylic acid groups (broad SMARTS) is 1. The van der Waals surface area contributed by atoms with Crippen molar-refractivity contribution in [2.45, 2.75) is 18.9 Å². The lowest BCUT2D eigenvalue weighted by Crippen LogP contribution is -2.56. The first-order valence-electron chi connectivity index (χ1n) is 5.84. The van der Waals surface area contributed by atoms with Crippen LogP contribution in [0.3, 0.4) is 0 Å². The number of anilines is 1. The molecule has 1 unspecified atom stereocenters. The fourth-order valence-corrected chi connectivity index (χ4v) is 1.85. The highest BCUT2D eigenvalue weighted by Gasteiger charge is 2.44. The van der Waals surface area contributed by atoms with Crippen LogP contribution in [0.15, 0.2) is 18.5 Å². The molecule has 7 heteroatoms. The van der Waals surface area contributed by atoms with Crippen molar-refractivity contribution in [2.75, 3.05) is 18.5 Å². The molecule has 1 aromatic rings. The van der Waals surface area contributed by atoms with Crippen molar-refractivity contribution in [1.82, 2.24) is 10.3 Å². The predicted octanol–water partition coefficient (Wildman–Crippen LogP) is 0.755. The Morgan fingerprint density at radius 3 is 2.89 bits per heavy atom. The summed E-state index contributed by atoms with van der Waals surface area (Å²) >= 11 is 0. The summed E-state index contributed by atoms with van der Waals surface area (Å²) in [5.74, 6) is -1.09. The number of hydrogen-bond donors (Lipinski definition) is 3. The Morgan fingerprint density at radius 2 is 2.32 bits per heavy atom. The Hall–Kier alpha value is -2.15. The summed E-state index contributed by atoms with van der Waals surface area (Å²) in [6.45, 7) is 2.11. The highest BCUT2D eigenvalue weighted by molar-refractivity contribution is 5.94. The molecule has 2 heterocycles. The van der Waals surface area contributed by atoms with E-state index in [-0.39, 0.29) is 13.0 Å². The summed E-state index contributed by atoms with van der Waals surface area (Å²) in [5, 5.41) is 14.2. The molecule has 0 aliphatic carbocycles. The molecule has 0 saturated carbocycles. The van der Waals surface area contributed by atoms with Gasteiger partial charge in [0.1, 0.15) is 0 Å². The van der Waals surface area contributed by atoms with Crippen molar-refractivity contribution in [2.24, 2.45) is 0 Å². The van der Waals surface area contributed by atoms with Crippen molar-refractivity contribution in [3.63, 3.8) is 0 Å². The van der Waals surface area contributed by atoms with Crippen LogP contribution in [0.2, 0.25) is 0 Å². The molecule has 1 saturated heterocycles. The monoisotopic (exact) mass is 265 g/mol. The molecule has 3 N–H and O–H groups in total. The van der Waals surface area contributed by atoms with E-state index in [2.05, 4.69) is 15.6 Å². The first-order valence-corrected chi connectivity index (χ1v) is 5.84. The minimum atomic E-state index is -1.35. The number of aliphatic carboxylic acids is 1. The summed E-state index contributed by atoms with van der Waals surface area (Å²) in [4.78, 5) is 27.0. The lowest BCUT2D eigenvalue weighted by molar-refractivity contribution is -0.144. The molecule has 7 nitrogen and oxygen atoms in total. The second kappa shape index (κ2) is 5.23. The largest absolute Gasteiger partial charge is 0.479 e. The molecular weight excluding hydrogens is 250 g/mol. The molecule has 1 fully saturated rings. The maximum Gasteiger partial charge on any atom is 0.332 e. The molecule has 0 spiro atoms. The van der Waals surface area contributed by atoms with E-state index in [1.807, 2.05) is 6.92 Å². The number of aryl methyl sites for hydroxylation is 1. The minimum absolute atomic E-state index is 0.0260. The second-order valence-corrected chi connectivity index (χ2v) is 4.46. The van der Waals surface area contributed by atoms with Crippen LogP contribution in [-0.2, 0) is 9.53 Å². The van der Waals surface area contributed by atoms with E-state index in [0.717, 1.165) is 5.56 Å². The van der Waals surface area contributed by atoms with Crippen LogP contribution in [-0.4, -0.2) is 40.8 Å². The first-order chi connectivity index (χ1) is 9.03. The Labute approximate surface area is 110 Å². The van der Waals surface area contributed by atoms with E-state index in [4.69, 9.17) is 4.74 Å². The van der Waals surface area contributed by atoms with Gasteiger partial charge in [-0.05, 0) is 18.6 Å². The molecule has 1 aromatic heterocycles. The lowest BCUT2D eigenvalue weighted by Gasteiger charge is -2.23. The number of nitrogens with zero attached hydrogens (tertiary/aromatic N) is 1. The molecule has 102 valence electrons. The van der Waals surface area contributed by atoms with Crippen LogP contribution in [0.4, 0.5) is 10.5 Å². The molecule has 2 amide bonds. The molecular formula is C12H15N3O4. The topological polar surface area (TPSA) is 101 Å². The Morgan fingerprint density at radius 1 is 1.53 bits per heavy atom. The van der Waals surface area contributed by atoms with Gasteiger partial charge in [-0.1, -0.05) is 0 Å². The van der Waals surface area contributed by atoms with E-state index in [9.17, 15) is 14.7 Å². The first kappa shape index (κ1) is 13.3. The molecule has 1 atom stereocenters. The fourth-order valence-electron chi connectivity index (χ4n) is 1.85. The highest BCUT2D eigenvalue weighted by Crippen LogP contribution is 2.19. The van der Waals surface area contributed by atoms with Crippen molar-refractivity contribution in [3.8, 4) is 0 Å². The van der Waals surface area contributed by atoms with E-state index in [0.29, 0.717) is 12.3 Å². The molecule has 1 aliphatic heterocycles. The van der Waals surface area contributed by atoms with Gasteiger partial charge < -0.3 is 20.5 Å². The Kier molecular flexibility index (Phi) is 3.66. The van der Waals surface area contributed by atoms with Gasteiger partial charge in [0.05, 0.1) is 18.5 Å². The third kappa shape index (κ3) is 2.82. The number of aromatic nitrogens is 1. The predicted molar refractivity (Wildman–Crippen MR) is 66.9 cm³/mol. The number of amides is 2. The van der Waals surface area contributed by atoms with Crippen LogP contribution in [0, 0.1) is 6.92 Å². The highest BCUT2D eigenvalue weighted by atomic mass is 16.5. The average Bonchev–Trinajstić information content (AvgIpc) is 2.82. The number of ether oxygens (including phenoxy) is 1. The lowest BCUT2D eigenvalue weighted by atomic mass is 9.99. The number of carbonyl (C=O) groups excluding carboxylic acids is 1. The molecule has 0 bridgehead atoms. The van der Waals surface area contributed by atoms with Crippen molar-refractivity contribution < 1.29 is 19.4 Å². The van der Waals surface area contributed by atoms with E-state index < -0.39 is 17.5 Å². The maximum absolute atomic E-state index is 11.9. The van der Waals surface area contributed by atoms with Gasteiger partial charge in [0.15, 0.2) is 5.54 Å². The number of carbonyl (C=O) groups is 2. The number of pyridine rings is 1. The molecule has 2 rings (SSSR count). The minimum Gasteiger partial charge on any atom is -0.479 e. The SMILES string of the molecule is Cc1ccncc1NC(=O)NC1(C(=O)O)CCOC1. The Bertz CT molecular complexity index is 498. The Balaban J connectivity index is 2.05. The van der Waals surface area contributed by atoms with Gasteiger partial charge in [-0.2, -0.15) is 0 Å². The van der Waals surface area contributed by atoms with Crippen molar-refractivity contribution >= 4 is 17.7 Å². The molecule has 1 aliphatic rings. The van der Waals surface area contributed by atoms with Crippen LogP contribution < -0.4 is 10.6 Å². The third-order valence-corrected chi connectivity index (χ3v) is 3.07. The number of urea groups is 1. The van der Waals surface area contributed by atoms with Crippen LogP contribution in [0.25, 0.3) is 0 Å². The van der Waals surface area contributed by atoms with Gasteiger partial charge in [0.2, 0.25) is 0 Å². The van der Waals surface area contributed by atoms with Gasteiger partial charge in [0.25, 0.3) is 0 Å². The zero-order valence-corrected chi connectivity index (χ0v) is 10.5. The third-order valence-electron chi connectivity index (χ3n) is 3.07. The van der Waals surface area contributed by atoms with Crippen LogP contribution >= 0.6 is 0 Å². The van der Waals surface area contributed by atoms with Gasteiger partial charge in [-0.15, -0.1) is 0 Å². The van der Waals surface area contributed by atoms with E-state index >= 15 is 0 Å². The van der Waals surface area contributed by atoms with Crippen LogP contribution in [0.1, 0.15) is 12.0 Å². The standard InChI is InChI=1S/C12H15N3O4/c1-8-2-4-13-6-9(8)14-11(18)15-12(10(16)17)3-5-19-7-12/h2,4,6H,3,5,7H2,1H3,(H,16,17)(H2,14,15,18). The number of nitrogens with one attached hydrogen (secondary N) is 2. The summed E-state index contributed by atoms with van der Waals surface area (Å²) in [7, 11) is 0. The number of rotatable bonds is 3. The smallest absolute Gasteiger partial charge is 0.332 e. The van der Waals surface area contributed by atoms with E-state index in [1.54, 1.807) is 12.3 Å². The van der Waals surface area contributed by atoms with Gasteiger partial charge >= 0.3 is 12.0 Å². The average molecular weight is 265 g/mol. The zero-order chi connectivity index (χ0) is 13.9. The number of carboxylic acids is 1. The van der Waals surface area contributed by atoms with Crippen LogP contribution in [0.5, 0.6) is 0 Å². The fraction of sp³-hybridized carbons (Fsp3) is 0.417. The molecule has 0 aromatic carbocycles. The summed E-state index contributed by atoms with van der Waals surface area (Å²) < 4.78 is 5.06. The van der Waals surface area contributed by atoms with Gasteiger partial charge in [0, 0.05) is 19.2 Å². The van der Waals surface area contributed by atoms with Gasteiger partial charge in [-0.3, -0.25) is 4.98 Å². The van der Waals surface area contributed by atoms with Crippen molar-refractivity contribution in [3.05, 3.63) is 24.0 Å². The molecule has 0 radical (unpaired) electrons. The quantitative estimate of drug-likeness (QED) is 0.749. The summed E-state index contributed by atoms with van der Waals surface area (Å²) in [6, 6.07) is 1.17. The maximum atomic E-state index is 11.9. The van der Waals surface area contributed by atoms with E-state index in [1.165, 1.54) is 6.20 Å². The molecule has 19 heavy (non-hydrogen) atoms. The van der Waals surface area contributed by atoms with Gasteiger partial charge in [-0.25, -0.2) is 9.59 Å². The zero-order valence-electron chi connectivity index (χ0n) is 10.5.